The van der Waals surface area contributed by atoms with E-state index in [1.54, 1.807) is 30.5 Å². The van der Waals surface area contributed by atoms with Gasteiger partial charge >= 0.3 is 0 Å². The number of aryl methyl sites for hydroxylation is 1. The van der Waals surface area contributed by atoms with Gasteiger partial charge < -0.3 is 10.1 Å². The highest BCUT2D eigenvalue weighted by molar-refractivity contribution is 7.13. The second-order valence-corrected chi connectivity index (χ2v) is 5.34. The molecule has 3 rings (SSSR count). The highest BCUT2D eigenvalue weighted by Gasteiger charge is 2.06. The zero-order valence-corrected chi connectivity index (χ0v) is 12.6. The maximum absolute atomic E-state index is 7.16. The molecular formula is C16H12N4OS. The highest BCUT2D eigenvalue weighted by atomic mass is 32.1. The number of rotatable bonds is 4. The number of aromatic nitrogens is 2. The van der Waals surface area contributed by atoms with E-state index in [1.807, 2.05) is 24.4 Å². The predicted molar refractivity (Wildman–Crippen MR) is 87.1 cm³/mol. The van der Waals surface area contributed by atoms with Crippen molar-refractivity contribution in [1.82, 2.24) is 9.97 Å². The fourth-order valence-corrected chi connectivity index (χ4v) is 2.52. The number of hydrogen-bond acceptors (Lipinski definition) is 5. The van der Waals surface area contributed by atoms with Gasteiger partial charge in [-0.15, -0.1) is 11.3 Å². The summed E-state index contributed by atoms with van der Waals surface area (Å²) in [6, 6.07) is 10.7. The Morgan fingerprint density at radius 2 is 2.14 bits per heavy atom. The molecule has 0 aliphatic heterocycles. The van der Waals surface area contributed by atoms with E-state index in [2.05, 4.69) is 20.1 Å². The number of nitrogens with one attached hydrogen (secondary N) is 1. The van der Waals surface area contributed by atoms with Gasteiger partial charge in [0.2, 0.25) is 5.69 Å². The fourth-order valence-electron chi connectivity index (χ4n) is 1.83. The van der Waals surface area contributed by atoms with Crippen molar-refractivity contribution in [2.45, 2.75) is 6.92 Å². The lowest BCUT2D eigenvalue weighted by molar-refractivity contribution is 0.485. The molecule has 5 nitrogen and oxygen atoms in total. The molecule has 0 aliphatic rings. The Labute approximate surface area is 132 Å². The van der Waals surface area contributed by atoms with Gasteiger partial charge in [0.1, 0.15) is 17.3 Å². The number of anilines is 2. The molecule has 6 heteroatoms. The van der Waals surface area contributed by atoms with Crippen LogP contribution in [-0.2, 0) is 0 Å². The average Bonchev–Trinajstić information content (AvgIpc) is 2.93. The molecule has 1 aromatic carbocycles. The van der Waals surface area contributed by atoms with E-state index < -0.39 is 0 Å². The number of hydrogen-bond donors (Lipinski definition) is 1. The van der Waals surface area contributed by atoms with Crippen molar-refractivity contribution in [2.24, 2.45) is 0 Å². The molecule has 0 radical (unpaired) electrons. The summed E-state index contributed by atoms with van der Waals surface area (Å²) in [6.45, 7) is 9.10. The molecule has 0 atom stereocenters. The van der Waals surface area contributed by atoms with Crippen LogP contribution < -0.4 is 10.1 Å². The molecule has 0 amide bonds. The Morgan fingerprint density at radius 3 is 2.91 bits per heavy atom. The normalized spacial score (nSPS) is 10.0. The quantitative estimate of drug-likeness (QED) is 0.694. The van der Waals surface area contributed by atoms with Crippen LogP contribution in [-0.4, -0.2) is 9.97 Å². The number of benzene rings is 1. The Kier molecular flexibility index (Phi) is 3.99. The summed E-state index contributed by atoms with van der Waals surface area (Å²) >= 11 is 1.52. The Morgan fingerprint density at radius 1 is 1.27 bits per heavy atom. The zero-order chi connectivity index (χ0) is 15.4. The van der Waals surface area contributed by atoms with E-state index in [-0.39, 0.29) is 0 Å². The van der Waals surface area contributed by atoms with Crippen molar-refractivity contribution in [3.05, 3.63) is 65.1 Å². The van der Waals surface area contributed by atoms with Gasteiger partial charge in [0, 0.05) is 17.6 Å². The van der Waals surface area contributed by atoms with E-state index >= 15 is 0 Å². The molecule has 1 N–H and O–H groups in total. The molecule has 2 aromatic heterocycles. The maximum Gasteiger partial charge on any atom is 0.228 e. The second kappa shape index (κ2) is 6.24. The number of nitrogens with zero attached hydrogens (tertiary/aromatic N) is 3. The van der Waals surface area contributed by atoms with Crippen molar-refractivity contribution in [1.29, 1.82) is 0 Å². The van der Waals surface area contributed by atoms with Gasteiger partial charge in [-0.1, -0.05) is 18.2 Å². The summed E-state index contributed by atoms with van der Waals surface area (Å²) < 4.78 is 5.77. The first-order valence-electron chi connectivity index (χ1n) is 6.54. The first-order chi connectivity index (χ1) is 10.7. The van der Waals surface area contributed by atoms with Crippen molar-refractivity contribution in [3.8, 4) is 11.5 Å². The topological polar surface area (TPSA) is 51.4 Å². The van der Waals surface area contributed by atoms with Crippen molar-refractivity contribution in [2.75, 3.05) is 5.32 Å². The molecule has 0 unspecified atom stereocenters. The van der Waals surface area contributed by atoms with Gasteiger partial charge in [0.15, 0.2) is 5.13 Å². The molecule has 0 bridgehead atoms. The lowest BCUT2D eigenvalue weighted by Gasteiger charge is -2.08. The van der Waals surface area contributed by atoms with Gasteiger partial charge in [-0.3, -0.25) is 0 Å². The minimum atomic E-state index is 0.476. The summed E-state index contributed by atoms with van der Waals surface area (Å²) in [7, 11) is 0. The molecule has 0 aliphatic carbocycles. The van der Waals surface area contributed by atoms with Crippen molar-refractivity contribution < 1.29 is 4.74 Å². The standard InChI is InChI=1S/C16H12N4OS/c1-11-10-22-16(19-11)20-15-9-12(7-8-18-15)21-14-6-4-3-5-13(14)17-2/h3-10H,1H3,(H,18,19,20). The van der Waals surface area contributed by atoms with Crippen molar-refractivity contribution in [3.63, 3.8) is 0 Å². The van der Waals surface area contributed by atoms with Gasteiger partial charge in [-0.25, -0.2) is 14.8 Å². The minimum Gasteiger partial charge on any atom is -0.468 e. The zero-order valence-electron chi connectivity index (χ0n) is 11.8. The van der Waals surface area contributed by atoms with Gasteiger partial charge in [-0.05, 0) is 19.1 Å². The van der Waals surface area contributed by atoms with Crippen LogP contribution in [0, 0.1) is 13.5 Å². The van der Waals surface area contributed by atoms with Crippen molar-refractivity contribution >= 4 is 28.0 Å². The maximum atomic E-state index is 7.16. The highest BCUT2D eigenvalue weighted by Crippen LogP contribution is 2.32. The molecule has 0 fully saturated rings. The van der Waals surface area contributed by atoms with E-state index in [0.29, 0.717) is 23.0 Å². The molecule has 3 aromatic rings. The molecular weight excluding hydrogens is 296 g/mol. The molecule has 22 heavy (non-hydrogen) atoms. The molecule has 0 saturated heterocycles. The summed E-state index contributed by atoms with van der Waals surface area (Å²) in [5.74, 6) is 1.79. The van der Waals surface area contributed by atoms with E-state index in [4.69, 9.17) is 11.3 Å². The van der Waals surface area contributed by atoms with Crippen LogP contribution in [0.15, 0.2) is 48.0 Å². The van der Waals surface area contributed by atoms with Crippen LogP contribution in [0.25, 0.3) is 4.85 Å². The number of para-hydroxylation sites is 2. The first kappa shape index (κ1) is 14.0. The smallest absolute Gasteiger partial charge is 0.228 e. The third-order valence-electron chi connectivity index (χ3n) is 2.80. The molecule has 2 heterocycles. The molecule has 0 saturated carbocycles. The Balaban J connectivity index is 1.81. The first-order valence-corrected chi connectivity index (χ1v) is 7.42. The molecule has 0 spiro atoms. The van der Waals surface area contributed by atoms with E-state index in [0.717, 1.165) is 10.8 Å². The number of pyridine rings is 1. The molecule has 108 valence electrons. The lowest BCUT2D eigenvalue weighted by Crippen LogP contribution is -1.93. The SMILES string of the molecule is [C-]#[N+]c1ccccc1Oc1ccnc(Nc2nc(C)cs2)c1. The monoisotopic (exact) mass is 308 g/mol. The number of thiazole rings is 1. The van der Waals surface area contributed by atoms with Crippen LogP contribution in [0.4, 0.5) is 16.6 Å². The average molecular weight is 308 g/mol. The second-order valence-electron chi connectivity index (χ2n) is 4.48. The Bertz CT molecular complexity index is 838. The largest absolute Gasteiger partial charge is 0.468 e. The summed E-state index contributed by atoms with van der Waals surface area (Å²) in [5, 5.41) is 5.88. The van der Waals surface area contributed by atoms with Crippen LogP contribution in [0.2, 0.25) is 0 Å². The lowest BCUT2D eigenvalue weighted by atomic mass is 10.3. The third kappa shape index (κ3) is 3.22. The van der Waals surface area contributed by atoms with Crippen LogP contribution in [0.3, 0.4) is 0 Å². The van der Waals surface area contributed by atoms with Gasteiger partial charge in [-0.2, -0.15) is 0 Å². The summed E-state index contributed by atoms with van der Waals surface area (Å²) in [5.41, 5.74) is 1.44. The van der Waals surface area contributed by atoms with E-state index in [1.165, 1.54) is 11.3 Å². The Hall–Kier alpha value is -2.91. The summed E-state index contributed by atoms with van der Waals surface area (Å²) in [6.07, 6.45) is 1.65. The summed E-state index contributed by atoms with van der Waals surface area (Å²) in [4.78, 5) is 12.0. The van der Waals surface area contributed by atoms with Crippen LogP contribution in [0.5, 0.6) is 11.5 Å². The van der Waals surface area contributed by atoms with Gasteiger partial charge in [0.25, 0.3) is 0 Å². The minimum absolute atomic E-state index is 0.476. The predicted octanol–water partition coefficient (Wildman–Crippen LogP) is 4.93. The van der Waals surface area contributed by atoms with Crippen LogP contribution in [0.1, 0.15) is 5.69 Å². The van der Waals surface area contributed by atoms with E-state index in [9.17, 15) is 0 Å². The fraction of sp³-hybridized carbons (Fsp3) is 0.0625. The van der Waals surface area contributed by atoms with Gasteiger partial charge in [0.05, 0.1) is 12.3 Å². The number of ether oxygens (including phenoxy) is 1. The van der Waals surface area contributed by atoms with Crippen LogP contribution >= 0.6 is 11.3 Å². The third-order valence-corrected chi connectivity index (χ3v) is 3.67.